The quantitative estimate of drug-likeness (QED) is 0.658. The van der Waals surface area contributed by atoms with E-state index in [1.54, 1.807) is 20.9 Å². The molecule has 1 fully saturated rings. The number of nitrogens with zero attached hydrogens (tertiary/aromatic N) is 1. The summed E-state index contributed by atoms with van der Waals surface area (Å²) in [4.78, 5) is 13.4. The summed E-state index contributed by atoms with van der Waals surface area (Å²) in [5.41, 5.74) is -0.606. The third-order valence-electron chi connectivity index (χ3n) is 3.17. The predicted molar refractivity (Wildman–Crippen MR) is 55.1 cm³/mol. The third kappa shape index (κ3) is 2.16. The minimum absolute atomic E-state index is 0.0882. The summed E-state index contributed by atoms with van der Waals surface area (Å²) in [6.07, 6.45) is 1.34. The molecule has 0 aromatic carbocycles. The van der Waals surface area contributed by atoms with E-state index in [-0.39, 0.29) is 5.78 Å². The van der Waals surface area contributed by atoms with Gasteiger partial charge in [0.15, 0.2) is 5.78 Å². The molecule has 0 aliphatic carbocycles. The monoisotopic (exact) mass is 199 g/mol. The van der Waals surface area contributed by atoms with Crippen molar-refractivity contribution in [1.82, 2.24) is 4.81 Å². The van der Waals surface area contributed by atoms with Crippen molar-refractivity contribution in [2.24, 2.45) is 0 Å². The molecule has 1 heterocycles. The van der Waals surface area contributed by atoms with Gasteiger partial charge in [0.05, 0.1) is 0 Å². The Balaban J connectivity index is 2.59. The van der Waals surface area contributed by atoms with Crippen molar-refractivity contribution in [3.63, 3.8) is 0 Å². The summed E-state index contributed by atoms with van der Waals surface area (Å²) in [6, 6.07) is 0. The number of carbonyl (C=O) groups excluding carboxylic acids is 1. The summed E-state index contributed by atoms with van der Waals surface area (Å²) >= 11 is 0. The van der Waals surface area contributed by atoms with Crippen LogP contribution in [0, 0.1) is 0 Å². The van der Waals surface area contributed by atoms with E-state index in [0.717, 1.165) is 0 Å². The summed E-state index contributed by atoms with van der Waals surface area (Å²) in [7, 11) is 1.15. The molecular weight excluding hydrogens is 181 g/mol. The Kier molecular flexibility index (Phi) is 3.69. The molecule has 5 heteroatoms. The molecule has 0 unspecified atom stereocenters. The second kappa shape index (κ2) is 4.42. The standard InChI is InChI=1S/C9H18BNO3/c1-8(12)9(14-3)4-6-11(7-5-9)10(2)13/h13H,4-7H2,1-3H3. The van der Waals surface area contributed by atoms with Gasteiger partial charge in [-0.25, -0.2) is 0 Å². The van der Waals surface area contributed by atoms with Crippen molar-refractivity contribution in [1.29, 1.82) is 0 Å². The predicted octanol–water partition coefficient (Wildman–Crippen LogP) is 0.167. The molecule has 0 amide bonds. The van der Waals surface area contributed by atoms with Crippen LogP contribution in [0.1, 0.15) is 19.8 Å². The Labute approximate surface area is 85.4 Å². The van der Waals surface area contributed by atoms with Crippen molar-refractivity contribution in [3.05, 3.63) is 0 Å². The number of ketones is 1. The van der Waals surface area contributed by atoms with E-state index in [0.29, 0.717) is 25.9 Å². The van der Waals surface area contributed by atoms with Gasteiger partial charge in [-0.2, -0.15) is 0 Å². The molecule has 14 heavy (non-hydrogen) atoms. The first-order valence-corrected chi connectivity index (χ1v) is 5.00. The van der Waals surface area contributed by atoms with Crippen LogP contribution in [0.15, 0.2) is 0 Å². The summed E-state index contributed by atoms with van der Waals surface area (Å²) < 4.78 is 5.31. The molecule has 1 aliphatic heterocycles. The first-order valence-electron chi connectivity index (χ1n) is 5.00. The lowest BCUT2D eigenvalue weighted by Gasteiger charge is -2.39. The SMILES string of the molecule is COC1(C(C)=O)CCN(B(C)O)CC1. The fourth-order valence-corrected chi connectivity index (χ4v) is 1.96. The summed E-state index contributed by atoms with van der Waals surface area (Å²) in [5, 5.41) is 9.36. The maximum absolute atomic E-state index is 11.4. The Bertz CT molecular complexity index is 212. The van der Waals surface area contributed by atoms with Crippen LogP contribution in [-0.2, 0) is 9.53 Å². The van der Waals surface area contributed by atoms with Gasteiger partial charge in [0, 0.05) is 7.11 Å². The zero-order valence-electron chi connectivity index (χ0n) is 9.12. The normalized spacial score (nSPS) is 22.0. The maximum Gasteiger partial charge on any atom is 0.376 e. The third-order valence-corrected chi connectivity index (χ3v) is 3.17. The lowest BCUT2D eigenvalue weighted by Crippen LogP contribution is -2.53. The van der Waals surface area contributed by atoms with Gasteiger partial charge in [0.2, 0.25) is 0 Å². The highest BCUT2D eigenvalue weighted by molar-refractivity contribution is 6.45. The molecule has 0 saturated carbocycles. The van der Waals surface area contributed by atoms with Gasteiger partial charge in [-0.05, 0) is 39.7 Å². The highest BCUT2D eigenvalue weighted by Gasteiger charge is 2.39. The Morgan fingerprint density at radius 3 is 2.29 bits per heavy atom. The molecular formula is C9H18BNO3. The number of Topliss-reactive ketones (excluding diaryl/α,β-unsaturated/α-hetero) is 1. The van der Waals surface area contributed by atoms with Crippen LogP contribution in [0.3, 0.4) is 0 Å². The molecule has 0 aromatic heterocycles. The van der Waals surface area contributed by atoms with Crippen LogP contribution in [0.25, 0.3) is 0 Å². The average molecular weight is 199 g/mol. The fourth-order valence-electron chi connectivity index (χ4n) is 1.96. The molecule has 0 aromatic rings. The molecule has 0 spiro atoms. The van der Waals surface area contributed by atoms with E-state index < -0.39 is 12.7 Å². The van der Waals surface area contributed by atoms with Gasteiger partial charge >= 0.3 is 7.05 Å². The minimum Gasteiger partial charge on any atom is -0.437 e. The summed E-state index contributed by atoms with van der Waals surface area (Å²) in [6.45, 7) is 4.74. The Hall–Kier alpha value is -0.385. The number of methoxy groups -OCH3 is 1. The van der Waals surface area contributed by atoms with Crippen LogP contribution < -0.4 is 0 Å². The molecule has 1 rings (SSSR count). The van der Waals surface area contributed by atoms with Crippen LogP contribution in [-0.4, -0.2) is 48.5 Å². The lowest BCUT2D eigenvalue weighted by molar-refractivity contribution is -0.143. The molecule has 80 valence electrons. The van der Waals surface area contributed by atoms with E-state index in [1.165, 1.54) is 0 Å². The van der Waals surface area contributed by atoms with Crippen LogP contribution in [0.5, 0.6) is 0 Å². The van der Waals surface area contributed by atoms with E-state index in [9.17, 15) is 9.82 Å². The van der Waals surface area contributed by atoms with Crippen LogP contribution >= 0.6 is 0 Å². The number of rotatable bonds is 3. The minimum atomic E-state index is -0.606. The van der Waals surface area contributed by atoms with Crippen LogP contribution in [0.2, 0.25) is 6.82 Å². The smallest absolute Gasteiger partial charge is 0.376 e. The van der Waals surface area contributed by atoms with Crippen LogP contribution in [0.4, 0.5) is 0 Å². The summed E-state index contributed by atoms with van der Waals surface area (Å²) in [5.74, 6) is 0.0882. The maximum atomic E-state index is 11.4. The van der Waals surface area contributed by atoms with Crippen molar-refractivity contribution in [2.75, 3.05) is 20.2 Å². The van der Waals surface area contributed by atoms with E-state index in [4.69, 9.17) is 4.74 Å². The highest BCUT2D eigenvalue weighted by atomic mass is 16.5. The van der Waals surface area contributed by atoms with E-state index in [2.05, 4.69) is 0 Å². The van der Waals surface area contributed by atoms with Crippen molar-refractivity contribution < 1.29 is 14.6 Å². The van der Waals surface area contributed by atoms with Gasteiger partial charge in [0.25, 0.3) is 0 Å². The molecule has 1 saturated heterocycles. The average Bonchev–Trinajstić information content (AvgIpc) is 2.17. The zero-order valence-corrected chi connectivity index (χ0v) is 9.12. The zero-order chi connectivity index (χ0) is 10.8. The molecule has 0 radical (unpaired) electrons. The first-order chi connectivity index (χ1) is 6.52. The molecule has 0 atom stereocenters. The number of ether oxygens (including phenoxy) is 1. The van der Waals surface area contributed by atoms with Gasteiger partial charge in [0.1, 0.15) is 5.60 Å². The molecule has 1 aliphatic rings. The topological polar surface area (TPSA) is 49.8 Å². The van der Waals surface area contributed by atoms with Gasteiger partial charge in [-0.15, -0.1) is 0 Å². The van der Waals surface area contributed by atoms with Gasteiger partial charge in [-0.3, -0.25) is 4.79 Å². The largest absolute Gasteiger partial charge is 0.437 e. The lowest BCUT2D eigenvalue weighted by atomic mass is 9.78. The molecule has 4 nitrogen and oxygen atoms in total. The van der Waals surface area contributed by atoms with Gasteiger partial charge in [-0.1, -0.05) is 0 Å². The van der Waals surface area contributed by atoms with Crippen molar-refractivity contribution in [2.45, 2.75) is 32.2 Å². The first kappa shape index (κ1) is 11.7. The van der Waals surface area contributed by atoms with E-state index >= 15 is 0 Å². The van der Waals surface area contributed by atoms with Crippen molar-refractivity contribution >= 4 is 12.8 Å². The van der Waals surface area contributed by atoms with E-state index in [1.807, 2.05) is 4.81 Å². The number of carbonyl (C=O) groups is 1. The second-order valence-corrected chi connectivity index (χ2v) is 3.92. The Morgan fingerprint density at radius 1 is 1.50 bits per heavy atom. The number of hydrogen-bond donors (Lipinski definition) is 1. The number of hydrogen-bond acceptors (Lipinski definition) is 4. The number of piperidine rings is 1. The fraction of sp³-hybridized carbons (Fsp3) is 0.889. The molecule has 1 N–H and O–H groups in total. The van der Waals surface area contributed by atoms with Gasteiger partial charge < -0.3 is 14.6 Å². The second-order valence-electron chi connectivity index (χ2n) is 3.92. The highest BCUT2D eigenvalue weighted by Crippen LogP contribution is 2.26. The molecule has 0 bridgehead atoms. The van der Waals surface area contributed by atoms with Crippen molar-refractivity contribution in [3.8, 4) is 0 Å². The Morgan fingerprint density at radius 2 is 2.00 bits per heavy atom.